The number of hydrogen-bond donors (Lipinski definition) is 0. The predicted octanol–water partition coefficient (Wildman–Crippen LogP) is 4.34. The summed E-state index contributed by atoms with van der Waals surface area (Å²) in [6.45, 7) is 8.83. The molecule has 1 aromatic carbocycles. The number of oxazole rings is 1. The van der Waals surface area contributed by atoms with Crippen LogP contribution in [0.2, 0.25) is 0 Å². The van der Waals surface area contributed by atoms with Gasteiger partial charge in [-0.3, -0.25) is 9.48 Å². The van der Waals surface area contributed by atoms with Crippen molar-refractivity contribution in [1.82, 2.24) is 19.7 Å². The standard InChI is InChI=1S/C28H28N6O3/c1-19-6-8-22(9-7-19)18-34-21(3)23(20(2)31-34)10-11-26(35)32-12-14-33(15-13-32)28-24(17-29)30-27(37-28)25-5-4-16-36-25/h4-11,16H,12-15,18H2,1-3H3/b11-10+. The van der Waals surface area contributed by atoms with Gasteiger partial charge in [-0.05, 0) is 44.5 Å². The fraction of sp³-hybridized carbons (Fsp3) is 0.286. The van der Waals surface area contributed by atoms with Gasteiger partial charge in [0.05, 0.1) is 18.5 Å². The van der Waals surface area contributed by atoms with Gasteiger partial charge in [-0.25, -0.2) is 0 Å². The van der Waals surface area contributed by atoms with Gasteiger partial charge in [-0.15, -0.1) is 0 Å². The number of aromatic nitrogens is 3. The number of nitriles is 1. The summed E-state index contributed by atoms with van der Waals surface area (Å²) >= 11 is 0. The molecule has 3 aromatic heterocycles. The Morgan fingerprint density at radius 3 is 2.54 bits per heavy atom. The first-order chi connectivity index (χ1) is 17.9. The third-order valence-corrected chi connectivity index (χ3v) is 6.61. The summed E-state index contributed by atoms with van der Waals surface area (Å²) in [5, 5.41) is 14.2. The van der Waals surface area contributed by atoms with Crippen LogP contribution in [-0.4, -0.2) is 51.8 Å². The molecule has 1 aliphatic rings. The Kier molecular flexibility index (Phi) is 6.64. The number of anilines is 1. The molecule has 0 spiro atoms. The maximum Gasteiger partial charge on any atom is 0.266 e. The molecule has 9 heteroatoms. The molecule has 4 heterocycles. The van der Waals surface area contributed by atoms with Crippen LogP contribution in [0.15, 0.2) is 57.6 Å². The summed E-state index contributed by atoms with van der Waals surface area (Å²) < 4.78 is 13.1. The van der Waals surface area contributed by atoms with E-state index in [-0.39, 0.29) is 17.5 Å². The second kappa shape index (κ2) is 10.2. The Labute approximate surface area is 215 Å². The van der Waals surface area contributed by atoms with Crippen molar-refractivity contribution in [2.75, 3.05) is 31.1 Å². The van der Waals surface area contributed by atoms with Gasteiger partial charge in [0.15, 0.2) is 5.76 Å². The van der Waals surface area contributed by atoms with Crippen molar-refractivity contribution in [3.05, 3.63) is 82.5 Å². The zero-order valence-electron chi connectivity index (χ0n) is 21.1. The number of nitrogens with zero attached hydrogens (tertiary/aromatic N) is 6. The maximum atomic E-state index is 12.9. The van der Waals surface area contributed by atoms with E-state index < -0.39 is 0 Å². The Bertz CT molecular complexity index is 1460. The molecule has 1 amide bonds. The molecule has 0 bridgehead atoms. The van der Waals surface area contributed by atoms with Crippen molar-refractivity contribution < 1.29 is 13.6 Å². The third-order valence-electron chi connectivity index (χ3n) is 6.61. The van der Waals surface area contributed by atoms with E-state index in [9.17, 15) is 10.1 Å². The fourth-order valence-corrected chi connectivity index (χ4v) is 4.47. The molecule has 0 saturated carbocycles. The molecule has 0 radical (unpaired) electrons. The molecule has 0 atom stereocenters. The van der Waals surface area contributed by atoms with E-state index in [2.05, 4.69) is 47.3 Å². The average Bonchev–Trinajstić information content (AvgIpc) is 3.64. The van der Waals surface area contributed by atoms with Crippen LogP contribution in [0.25, 0.3) is 17.7 Å². The molecule has 188 valence electrons. The van der Waals surface area contributed by atoms with E-state index in [1.165, 1.54) is 17.4 Å². The summed E-state index contributed by atoms with van der Waals surface area (Å²) in [5.41, 5.74) is 5.49. The van der Waals surface area contributed by atoms with Gasteiger partial charge >= 0.3 is 0 Å². The highest BCUT2D eigenvalue weighted by atomic mass is 16.4. The van der Waals surface area contributed by atoms with E-state index in [1.54, 1.807) is 23.1 Å². The molecule has 9 nitrogen and oxygen atoms in total. The second-order valence-electron chi connectivity index (χ2n) is 9.14. The Hall–Kier alpha value is -4.58. The summed E-state index contributed by atoms with van der Waals surface area (Å²) in [6, 6.07) is 14.0. The largest absolute Gasteiger partial charge is 0.459 e. The Balaban J connectivity index is 1.22. The number of hydrogen-bond acceptors (Lipinski definition) is 7. The molecule has 0 aliphatic carbocycles. The molecular formula is C28H28N6O3. The quantitative estimate of drug-likeness (QED) is 0.366. The number of furan rings is 1. The van der Waals surface area contributed by atoms with Crippen LogP contribution in [0, 0.1) is 32.1 Å². The minimum absolute atomic E-state index is 0.0564. The summed E-state index contributed by atoms with van der Waals surface area (Å²) in [5.74, 6) is 1.09. The van der Waals surface area contributed by atoms with Gasteiger partial charge in [-0.2, -0.15) is 15.3 Å². The van der Waals surface area contributed by atoms with Crippen LogP contribution >= 0.6 is 0 Å². The zero-order chi connectivity index (χ0) is 25.9. The van der Waals surface area contributed by atoms with Gasteiger partial charge in [0.2, 0.25) is 17.5 Å². The second-order valence-corrected chi connectivity index (χ2v) is 9.14. The van der Waals surface area contributed by atoms with Crippen molar-refractivity contribution >= 4 is 17.9 Å². The lowest BCUT2D eigenvalue weighted by molar-refractivity contribution is -0.126. The normalized spacial score (nSPS) is 13.9. The van der Waals surface area contributed by atoms with Gasteiger partial charge in [-0.1, -0.05) is 29.8 Å². The smallest absolute Gasteiger partial charge is 0.266 e. The molecule has 1 fully saturated rings. The summed E-state index contributed by atoms with van der Waals surface area (Å²) in [7, 11) is 0. The Morgan fingerprint density at radius 1 is 1.11 bits per heavy atom. The molecule has 1 aliphatic heterocycles. The number of aryl methyl sites for hydroxylation is 2. The number of piperazine rings is 1. The van der Waals surface area contributed by atoms with E-state index in [0.717, 1.165) is 17.0 Å². The molecule has 5 rings (SSSR count). The average molecular weight is 497 g/mol. The minimum Gasteiger partial charge on any atom is -0.459 e. The van der Waals surface area contributed by atoms with Crippen molar-refractivity contribution in [2.45, 2.75) is 27.3 Å². The van der Waals surface area contributed by atoms with E-state index >= 15 is 0 Å². The number of benzene rings is 1. The SMILES string of the molecule is Cc1ccc(Cn2nc(C)c(/C=C/C(=O)N3CCN(c4oc(-c5ccco5)nc4C#N)CC3)c2C)cc1. The number of amides is 1. The molecule has 37 heavy (non-hydrogen) atoms. The summed E-state index contributed by atoms with van der Waals surface area (Å²) in [4.78, 5) is 20.9. The molecule has 0 unspecified atom stereocenters. The lowest BCUT2D eigenvalue weighted by Gasteiger charge is -2.33. The molecule has 1 saturated heterocycles. The lowest BCUT2D eigenvalue weighted by atomic mass is 10.1. The first-order valence-corrected chi connectivity index (χ1v) is 12.2. The van der Waals surface area contributed by atoms with Gasteiger partial charge < -0.3 is 18.6 Å². The van der Waals surface area contributed by atoms with Crippen molar-refractivity contribution in [2.24, 2.45) is 0 Å². The maximum absolute atomic E-state index is 12.9. The van der Waals surface area contributed by atoms with Crippen molar-refractivity contribution in [3.8, 4) is 17.7 Å². The molecule has 0 N–H and O–H groups in total. The lowest BCUT2D eigenvalue weighted by Crippen LogP contribution is -2.48. The minimum atomic E-state index is -0.0564. The van der Waals surface area contributed by atoms with Crippen LogP contribution in [0.4, 0.5) is 5.88 Å². The van der Waals surface area contributed by atoms with E-state index in [1.807, 2.05) is 29.5 Å². The van der Waals surface area contributed by atoms with Gasteiger partial charge in [0, 0.05) is 43.5 Å². The van der Waals surface area contributed by atoms with E-state index in [4.69, 9.17) is 8.83 Å². The van der Waals surface area contributed by atoms with Crippen LogP contribution < -0.4 is 4.90 Å². The van der Waals surface area contributed by atoms with Crippen LogP contribution in [0.5, 0.6) is 0 Å². The Morgan fingerprint density at radius 2 is 1.86 bits per heavy atom. The van der Waals surface area contributed by atoms with Crippen LogP contribution in [0.1, 0.15) is 33.8 Å². The first kappa shape index (κ1) is 24.1. The highest BCUT2D eigenvalue weighted by molar-refractivity contribution is 5.92. The monoisotopic (exact) mass is 496 g/mol. The summed E-state index contributed by atoms with van der Waals surface area (Å²) in [6.07, 6.45) is 5.01. The fourth-order valence-electron chi connectivity index (χ4n) is 4.47. The predicted molar refractivity (Wildman–Crippen MR) is 139 cm³/mol. The number of carbonyl (C=O) groups is 1. The van der Waals surface area contributed by atoms with Crippen molar-refractivity contribution in [1.29, 1.82) is 5.26 Å². The van der Waals surface area contributed by atoms with E-state index in [0.29, 0.717) is 44.4 Å². The van der Waals surface area contributed by atoms with Gasteiger partial charge in [0.1, 0.15) is 6.07 Å². The van der Waals surface area contributed by atoms with Crippen LogP contribution in [-0.2, 0) is 11.3 Å². The van der Waals surface area contributed by atoms with Gasteiger partial charge in [0.25, 0.3) is 5.89 Å². The van der Waals surface area contributed by atoms with Crippen LogP contribution in [0.3, 0.4) is 0 Å². The molecular weight excluding hydrogens is 468 g/mol. The third kappa shape index (κ3) is 5.05. The number of carbonyl (C=O) groups excluding carboxylic acids is 1. The number of rotatable bonds is 6. The zero-order valence-corrected chi connectivity index (χ0v) is 21.1. The molecule has 4 aromatic rings. The first-order valence-electron chi connectivity index (χ1n) is 12.2. The highest BCUT2D eigenvalue weighted by Gasteiger charge is 2.26. The highest BCUT2D eigenvalue weighted by Crippen LogP contribution is 2.29. The van der Waals surface area contributed by atoms with Crippen molar-refractivity contribution in [3.63, 3.8) is 0 Å². The topological polar surface area (TPSA) is 104 Å².